The predicted octanol–water partition coefficient (Wildman–Crippen LogP) is 2.24. The van der Waals surface area contributed by atoms with E-state index in [9.17, 15) is 0 Å². The lowest BCUT2D eigenvalue weighted by atomic mass is 9.91. The van der Waals surface area contributed by atoms with Crippen molar-refractivity contribution in [3.63, 3.8) is 0 Å². The van der Waals surface area contributed by atoms with E-state index < -0.39 is 0 Å². The van der Waals surface area contributed by atoms with E-state index in [0.29, 0.717) is 17.8 Å². The smallest absolute Gasteiger partial charge is 0.254 e. The molecule has 8 nitrogen and oxygen atoms in total. The van der Waals surface area contributed by atoms with E-state index in [0.717, 1.165) is 49.3 Å². The number of anilines is 1. The van der Waals surface area contributed by atoms with E-state index in [2.05, 4.69) is 25.2 Å². The fourth-order valence-corrected chi connectivity index (χ4v) is 5.40. The summed E-state index contributed by atoms with van der Waals surface area (Å²) in [6.07, 6.45) is 10.2. The zero-order valence-corrected chi connectivity index (χ0v) is 15.9. The summed E-state index contributed by atoms with van der Waals surface area (Å²) < 4.78 is 1.96. The van der Waals surface area contributed by atoms with Crippen LogP contribution in [0.1, 0.15) is 66.8 Å². The number of rotatable bonds is 4. The van der Waals surface area contributed by atoms with Gasteiger partial charge in [-0.1, -0.05) is 0 Å². The predicted molar refractivity (Wildman–Crippen MR) is 102 cm³/mol. The average molecular weight is 376 g/mol. The molecule has 3 fully saturated rings. The number of aromatic amines is 1. The Labute approximate surface area is 162 Å². The van der Waals surface area contributed by atoms with Crippen LogP contribution in [0.3, 0.4) is 0 Å². The number of aromatic nitrogens is 7. The van der Waals surface area contributed by atoms with Crippen molar-refractivity contribution in [2.24, 2.45) is 11.8 Å². The van der Waals surface area contributed by atoms with Crippen molar-refractivity contribution in [2.45, 2.75) is 56.8 Å². The van der Waals surface area contributed by atoms with Crippen molar-refractivity contribution >= 4 is 11.6 Å². The minimum atomic E-state index is 0.427. The van der Waals surface area contributed by atoms with Gasteiger partial charge in [0.2, 0.25) is 0 Å². The van der Waals surface area contributed by atoms with Gasteiger partial charge in [0.25, 0.3) is 5.78 Å². The number of fused-ring (bicyclic) bond motifs is 2. The topological polar surface area (TPSA) is 87.9 Å². The Bertz CT molecular complexity index is 1060. The molecule has 7 rings (SSSR count). The minimum Gasteiger partial charge on any atom is -0.355 e. The monoisotopic (exact) mass is 376 g/mol. The number of hydrogen-bond acceptors (Lipinski definition) is 6. The molecule has 2 saturated carbocycles. The van der Waals surface area contributed by atoms with Crippen molar-refractivity contribution < 1.29 is 0 Å². The first kappa shape index (κ1) is 15.4. The summed E-state index contributed by atoms with van der Waals surface area (Å²) in [5, 5.41) is 12.4. The first-order valence-electron chi connectivity index (χ1n) is 10.7. The quantitative estimate of drug-likeness (QED) is 0.751. The summed E-state index contributed by atoms with van der Waals surface area (Å²) in [4.78, 5) is 16.6. The second kappa shape index (κ2) is 5.52. The van der Waals surface area contributed by atoms with E-state index >= 15 is 0 Å². The highest BCUT2D eigenvalue weighted by molar-refractivity contribution is 5.57. The molecule has 3 aromatic rings. The fourth-order valence-electron chi connectivity index (χ4n) is 5.40. The van der Waals surface area contributed by atoms with Gasteiger partial charge in [-0.15, -0.1) is 0 Å². The highest BCUT2D eigenvalue weighted by atomic mass is 15.4. The van der Waals surface area contributed by atoms with Gasteiger partial charge in [0.05, 0.1) is 5.69 Å². The molecule has 0 unspecified atom stereocenters. The highest BCUT2D eigenvalue weighted by Crippen LogP contribution is 2.49. The van der Waals surface area contributed by atoms with Gasteiger partial charge in [0.1, 0.15) is 18.0 Å². The van der Waals surface area contributed by atoms with Crippen molar-refractivity contribution in [3.8, 4) is 0 Å². The van der Waals surface area contributed by atoms with Gasteiger partial charge in [-0.2, -0.15) is 19.7 Å². The summed E-state index contributed by atoms with van der Waals surface area (Å²) in [6, 6.07) is 0. The Balaban J connectivity index is 1.29. The summed E-state index contributed by atoms with van der Waals surface area (Å²) in [5.41, 5.74) is 2.60. The first-order valence-corrected chi connectivity index (χ1v) is 10.7. The number of nitrogens with one attached hydrogen (secondary N) is 1. The molecule has 1 saturated heterocycles. The van der Waals surface area contributed by atoms with Crippen LogP contribution in [0.5, 0.6) is 0 Å². The van der Waals surface area contributed by atoms with Crippen LogP contribution in [0.25, 0.3) is 5.78 Å². The summed E-state index contributed by atoms with van der Waals surface area (Å²) >= 11 is 0. The lowest BCUT2D eigenvalue weighted by Gasteiger charge is -2.22. The van der Waals surface area contributed by atoms with Crippen molar-refractivity contribution in [1.82, 2.24) is 34.8 Å². The van der Waals surface area contributed by atoms with Crippen LogP contribution in [0.4, 0.5) is 5.82 Å². The molecule has 0 spiro atoms. The van der Waals surface area contributed by atoms with Crippen LogP contribution in [0.15, 0.2) is 6.33 Å². The Morgan fingerprint density at radius 1 is 1.04 bits per heavy atom. The molecule has 0 amide bonds. The molecule has 3 aliphatic carbocycles. The Hall–Kier alpha value is -2.51. The van der Waals surface area contributed by atoms with Crippen LogP contribution < -0.4 is 4.90 Å². The third-order valence-corrected chi connectivity index (χ3v) is 7.13. The molecule has 4 heterocycles. The third-order valence-electron chi connectivity index (χ3n) is 7.13. The van der Waals surface area contributed by atoms with Crippen molar-refractivity contribution in [1.29, 1.82) is 0 Å². The molecule has 0 aromatic carbocycles. The molecular formula is C20H24N8. The summed E-state index contributed by atoms with van der Waals surface area (Å²) in [7, 11) is 0. The Kier molecular flexibility index (Phi) is 3.04. The summed E-state index contributed by atoms with van der Waals surface area (Å²) in [5.74, 6) is 6.59. The van der Waals surface area contributed by atoms with Crippen LogP contribution in [0.2, 0.25) is 0 Å². The molecule has 0 bridgehead atoms. The van der Waals surface area contributed by atoms with E-state index in [1.54, 1.807) is 6.33 Å². The number of nitrogens with zero attached hydrogens (tertiary/aromatic N) is 7. The van der Waals surface area contributed by atoms with Gasteiger partial charge in [-0.3, -0.25) is 5.10 Å². The van der Waals surface area contributed by atoms with Gasteiger partial charge in [0.15, 0.2) is 5.82 Å². The van der Waals surface area contributed by atoms with E-state index in [1.165, 1.54) is 49.2 Å². The van der Waals surface area contributed by atoms with Gasteiger partial charge >= 0.3 is 0 Å². The molecule has 8 heteroatoms. The Morgan fingerprint density at radius 2 is 1.96 bits per heavy atom. The number of H-pyrrole nitrogens is 1. The highest BCUT2D eigenvalue weighted by Gasteiger charge is 2.46. The van der Waals surface area contributed by atoms with Gasteiger partial charge in [-0.05, 0) is 56.8 Å². The molecule has 0 radical (unpaired) electrons. The van der Waals surface area contributed by atoms with Gasteiger partial charge in [-0.25, -0.2) is 9.97 Å². The molecule has 1 N–H and O–H groups in total. The number of hydrogen-bond donors (Lipinski definition) is 1. The maximum atomic E-state index is 4.93. The SMILES string of the molecule is c1nc2nc3c(c(N4C[C@@H](c5nc(C6CC6)n[nH]5)[C@H](C5CC5)C4)n2n1)CCC3. The second-order valence-electron chi connectivity index (χ2n) is 9.05. The van der Waals surface area contributed by atoms with Crippen LogP contribution in [-0.2, 0) is 12.8 Å². The molecule has 2 atom stereocenters. The summed E-state index contributed by atoms with van der Waals surface area (Å²) in [6.45, 7) is 2.05. The second-order valence-corrected chi connectivity index (χ2v) is 9.05. The normalized spacial score (nSPS) is 27.1. The van der Waals surface area contributed by atoms with Crippen molar-refractivity contribution in [3.05, 3.63) is 29.2 Å². The zero-order valence-electron chi connectivity index (χ0n) is 15.9. The molecule has 1 aliphatic heterocycles. The van der Waals surface area contributed by atoms with Crippen molar-refractivity contribution in [2.75, 3.05) is 18.0 Å². The zero-order chi connectivity index (χ0) is 18.2. The van der Waals surface area contributed by atoms with Gasteiger partial charge < -0.3 is 4.90 Å². The standard InChI is InChI=1S/C20H24N8/c1-2-13-16(3-1)23-20-21-10-22-28(20)19(13)27-8-14(11-4-5-11)15(9-27)18-24-17(25-26-18)12-6-7-12/h10-12,14-15H,1-9H2,(H,24,25,26)/t14-,15+/m0/s1. The Morgan fingerprint density at radius 3 is 2.82 bits per heavy atom. The maximum Gasteiger partial charge on any atom is 0.254 e. The molecule has 4 aliphatic rings. The van der Waals surface area contributed by atoms with E-state index in [4.69, 9.17) is 9.97 Å². The first-order chi connectivity index (χ1) is 13.8. The third kappa shape index (κ3) is 2.26. The lowest BCUT2D eigenvalue weighted by Crippen LogP contribution is -2.25. The molecule has 3 aromatic heterocycles. The minimum absolute atomic E-state index is 0.427. The molecule has 28 heavy (non-hydrogen) atoms. The van der Waals surface area contributed by atoms with E-state index in [-0.39, 0.29) is 0 Å². The molecular weight excluding hydrogens is 352 g/mol. The van der Waals surface area contributed by atoms with Gasteiger partial charge in [0, 0.05) is 30.5 Å². The van der Waals surface area contributed by atoms with Crippen LogP contribution >= 0.6 is 0 Å². The van der Waals surface area contributed by atoms with Crippen LogP contribution in [-0.4, -0.2) is 47.9 Å². The lowest BCUT2D eigenvalue weighted by molar-refractivity contribution is 0.444. The largest absolute Gasteiger partial charge is 0.355 e. The van der Waals surface area contributed by atoms with E-state index in [1.807, 2.05) is 4.52 Å². The van der Waals surface area contributed by atoms with Crippen LogP contribution in [0, 0.1) is 11.8 Å². The average Bonchev–Trinajstić information content (AvgIpc) is 3.50. The molecule has 144 valence electrons. The number of aryl methyl sites for hydroxylation is 1. The maximum absolute atomic E-state index is 4.93. The fraction of sp³-hybridized carbons (Fsp3) is 0.650.